The lowest BCUT2D eigenvalue weighted by Crippen LogP contribution is -2.12. The van der Waals surface area contributed by atoms with E-state index >= 15 is 0 Å². The number of anilines is 1. The van der Waals surface area contributed by atoms with E-state index in [1.54, 1.807) is 18.2 Å². The summed E-state index contributed by atoms with van der Waals surface area (Å²) in [5, 5.41) is 7.02. The number of nitrogens with zero attached hydrogens (tertiary/aromatic N) is 2. The van der Waals surface area contributed by atoms with E-state index in [0.29, 0.717) is 11.4 Å². The molecule has 4 heteroatoms. The van der Waals surface area contributed by atoms with Gasteiger partial charge in [-0.25, -0.2) is 0 Å². The Morgan fingerprint density at radius 2 is 2.06 bits per heavy atom. The molecular formula is C13H15N3O. The summed E-state index contributed by atoms with van der Waals surface area (Å²) in [6.45, 7) is 2.95. The van der Waals surface area contributed by atoms with Gasteiger partial charge in [0.2, 0.25) is 0 Å². The molecule has 1 aromatic carbocycles. The third kappa shape index (κ3) is 2.93. The summed E-state index contributed by atoms with van der Waals surface area (Å²) in [4.78, 5) is 11.8. The number of hydrogen-bond acceptors (Lipinski definition) is 2. The van der Waals surface area contributed by atoms with Gasteiger partial charge < -0.3 is 5.32 Å². The maximum atomic E-state index is 11.8. The van der Waals surface area contributed by atoms with Crippen LogP contribution in [0.5, 0.6) is 0 Å². The third-order valence-corrected chi connectivity index (χ3v) is 2.37. The zero-order valence-corrected chi connectivity index (χ0v) is 9.76. The van der Waals surface area contributed by atoms with Crippen molar-refractivity contribution in [3.8, 4) is 0 Å². The standard InChI is InChI=1S/C13H15N3O/c1-2-9-16-10-8-12(15-16)14-13(17)11-6-4-3-5-7-11/h3-8,10H,2,9H2,1H3,(H,14,15,17). The number of rotatable bonds is 4. The number of aromatic nitrogens is 2. The molecule has 0 fully saturated rings. The van der Waals surface area contributed by atoms with Crippen molar-refractivity contribution in [3.05, 3.63) is 48.2 Å². The van der Waals surface area contributed by atoms with Crippen molar-refractivity contribution in [1.29, 1.82) is 0 Å². The van der Waals surface area contributed by atoms with E-state index in [1.165, 1.54) is 0 Å². The average molecular weight is 229 g/mol. The van der Waals surface area contributed by atoms with Gasteiger partial charge >= 0.3 is 0 Å². The molecule has 1 N–H and O–H groups in total. The van der Waals surface area contributed by atoms with Crippen molar-refractivity contribution in [2.75, 3.05) is 5.32 Å². The SMILES string of the molecule is CCCn1ccc(NC(=O)c2ccccc2)n1. The van der Waals surface area contributed by atoms with Gasteiger partial charge in [-0.1, -0.05) is 25.1 Å². The number of amides is 1. The molecule has 0 saturated carbocycles. The molecule has 1 aromatic heterocycles. The Kier molecular flexibility index (Phi) is 3.55. The van der Waals surface area contributed by atoms with Crippen molar-refractivity contribution in [2.24, 2.45) is 0 Å². The summed E-state index contributed by atoms with van der Waals surface area (Å²) in [6, 6.07) is 10.9. The predicted octanol–water partition coefficient (Wildman–Crippen LogP) is 2.55. The van der Waals surface area contributed by atoms with Gasteiger partial charge in [-0.15, -0.1) is 0 Å². The van der Waals surface area contributed by atoms with Gasteiger partial charge in [0.1, 0.15) is 0 Å². The van der Waals surface area contributed by atoms with Gasteiger partial charge in [0.25, 0.3) is 5.91 Å². The minimum Gasteiger partial charge on any atom is -0.305 e. The van der Waals surface area contributed by atoms with E-state index in [-0.39, 0.29) is 5.91 Å². The Morgan fingerprint density at radius 3 is 2.76 bits per heavy atom. The molecule has 0 radical (unpaired) electrons. The first-order valence-corrected chi connectivity index (χ1v) is 5.69. The quantitative estimate of drug-likeness (QED) is 0.875. The smallest absolute Gasteiger partial charge is 0.256 e. The van der Waals surface area contributed by atoms with Crippen LogP contribution in [0.3, 0.4) is 0 Å². The van der Waals surface area contributed by atoms with Crippen LogP contribution >= 0.6 is 0 Å². The molecule has 0 aliphatic carbocycles. The van der Waals surface area contributed by atoms with E-state index in [1.807, 2.05) is 29.1 Å². The number of aryl methyl sites for hydroxylation is 1. The molecule has 0 unspecified atom stereocenters. The van der Waals surface area contributed by atoms with E-state index in [2.05, 4.69) is 17.3 Å². The summed E-state index contributed by atoms with van der Waals surface area (Å²) in [6.07, 6.45) is 2.89. The number of benzene rings is 1. The molecule has 1 heterocycles. The number of carbonyl (C=O) groups is 1. The lowest BCUT2D eigenvalue weighted by atomic mass is 10.2. The van der Waals surface area contributed by atoms with Crippen LogP contribution in [-0.4, -0.2) is 15.7 Å². The Bertz CT molecular complexity index is 490. The average Bonchev–Trinajstić information content (AvgIpc) is 2.78. The van der Waals surface area contributed by atoms with Crippen LogP contribution in [0.15, 0.2) is 42.6 Å². The lowest BCUT2D eigenvalue weighted by Gasteiger charge is -2.01. The largest absolute Gasteiger partial charge is 0.305 e. The number of nitrogens with one attached hydrogen (secondary N) is 1. The Morgan fingerprint density at radius 1 is 1.29 bits per heavy atom. The fraction of sp³-hybridized carbons (Fsp3) is 0.231. The molecule has 0 spiro atoms. The number of carbonyl (C=O) groups excluding carboxylic acids is 1. The molecule has 0 aliphatic rings. The molecule has 0 aliphatic heterocycles. The fourth-order valence-electron chi connectivity index (χ4n) is 1.56. The highest BCUT2D eigenvalue weighted by Crippen LogP contribution is 2.06. The third-order valence-electron chi connectivity index (χ3n) is 2.37. The van der Waals surface area contributed by atoms with E-state index in [9.17, 15) is 4.79 Å². The summed E-state index contributed by atoms with van der Waals surface area (Å²) in [5.41, 5.74) is 0.637. The van der Waals surface area contributed by atoms with Crippen LogP contribution in [0, 0.1) is 0 Å². The molecule has 0 bridgehead atoms. The molecule has 1 amide bonds. The zero-order valence-electron chi connectivity index (χ0n) is 9.76. The van der Waals surface area contributed by atoms with Gasteiger partial charge in [-0.3, -0.25) is 9.48 Å². The lowest BCUT2D eigenvalue weighted by molar-refractivity contribution is 0.102. The van der Waals surface area contributed by atoms with Gasteiger partial charge in [0.05, 0.1) is 0 Å². The minimum absolute atomic E-state index is 0.132. The normalized spacial score (nSPS) is 10.2. The maximum Gasteiger partial charge on any atom is 0.256 e. The first kappa shape index (κ1) is 11.4. The van der Waals surface area contributed by atoms with Gasteiger partial charge in [0, 0.05) is 24.4 Å². The molecule has 88 valence electrons. The Labute approximate surface area is 100 Å². The minimum atomic E-state index is -0.132. The summed E-state index contributed by atoms with van der Waals surface area (Å²) in [7, 11) is 0. The molecule has 2 aromatic rings. The Balaban J connectivity index is 2.03. The first-order valence-electron chi connectivity index (χ1n) is 5.69. The summed E-state index contributed by atoms with van der Waals surface area (Å²) in [5.74, 6) is 0.458. The van der Waals surface area contributed by atoms with E-state index in [0.717, 1.165) is 13.0 Å². The fourth-order valence-corrected chi connectivity index (χ4v) is 1.56. The molecular weight excluding hydrogens is 214 g/mol. The molecule has 17 heavy (non-hydrogen) atoms. The highest BCUT2D eigenvalue weighted by atomic mass is 16.1. The highest BCUT2D eigenvalue weighted by Gasteiger charge is 2.06. The number of hydrogen-bond donors (Lipinski definition) is 1. The van der Waals surface area contributed by atoms with Crippen molar-refractivity contribution in [1.82, 2.24) is 9.78 Å². The van der Waals surface area contributed by atoms with Gasteiger partial charge in [-0.2, -0.15) is 5.10 Å². The maximum absolute atomic E-state index is 11.8. The molecule has 0 atom stereocenters. The second-order valence-electron chi connectivity index (χ2n) is 3.78. The van der Waals surface area contributed by atoms with Gasteiger partial charge in [-0.05, 0) is 18.6 Å². The van der Waals surface area contributed by atoms with Crippen molar-refractivity contribution in [2.45, 2.75) is 19.9 Å². The van der Waals surface area contributed by atoms with Crippen LogP contribution < -0.4 is 5.32 Å². The van der Waals surface area contributed by atoms with Crippen LogP contribution in [0.1, 0.15) is 23.7 Å². The molecule has 4 nitrogen and oxygen atoms in total. The Hall–Kier alpha value is -2.10. The van der Waals surface area contributed by atoms with Crippen LogP contribution in [0.2, 0.25) is 0 Å². The van der Waals surface area contributed by atoms with E-state index < -0.39 is 0 Å². The second kappa shape index (κ2) is 5.30. The van der Waals surface area contributed by atoms with Crippen LogP contribution in [0.4, 0.5) is 5.82 Å². The van der Waals surface area contributed by atoms with Crippen molar-refractivity contribution >= 4 is 11.7 Å². The van der Waals surface area contributed by atoms with Crippen LogP contribution in [-0.2, 0) is 6.54 Å². The molecule has 2 rings (SSSR count). The highest BCUT2D eigenvalue weighted by molar-refractivity contribution is 6.03. The van der Waals surface area contributed by atoms with Crippen molar-refractivity contribution in [3.63, 3.8) is 0 Å². The zero-order chi connectivity index (χ0) is 12.1. The first-order chi connectivity index (χ1) is 8.29. The summed E-state index contributed by atoms with van der Waals surface area (Å²) >= 11 is 0. The molecule has 0 saturated heterocycles. The van der Waals surface area contributed by atoms with Gasteiger partial charge in [0.15, 0.2) is 5.82 Å². The second-order valence-corrected chi connectivity index (χ2v) is 3.78. The monoisotopic (exact) mass is 229 g/mol. The van der Waals surface area contributed by atoms with Crippen molar-refractivity contribution < 1.29 is 4.79 Å². The topological polar surface area (TPSA) is 46.9 Å². The predicted molar refractivity (Wildman–Crippen MR) is 66.9 cm³/mol. The van der Waals surface area contributed by atoms with Crippen LogP contribution in [0.25, 0.3) is 0 Å². The summed E-state index contributed by atoms with van der Waals surface area (Å²) < 4.78 is 1.82. The van der Waals surface area contributed by atoms with E-state index in [4.69, 9.17) is 0 Å².